The maximum atomic E-state index is 12.2. The molecule has 0 amide bonds. The molecule has 0 aliphatic carbocycles. The van der Waals surface area contributed by atoms with Gasteiger partial charge < -0.3 is 15.1 Å². The third-order valence-electron chi connectivity index (χ3n) is 2.90. The van der Waals surface area contributed by atoms with E-state index >= 15 is 0 Å². The molecule has 1 saturated heterocycles. The molecule has 0 bridgehead atoms. The maximum absolute atomic E-state index is 12.2. The summed E-state index contributed by atoms with van der Waals surface area (Å²) in [5.74, 6) is 0.967. The zero-order valence-electron chi connectivity index (χ0n) is 10.8. The molecule has 18 heavy (non-hydrogen) atoms. The van der Waals surface area contributed by atoms with Crippen LogP contribution < -0.4 is 10.2 Å². The molecular weight excluding hydrogens is 230 g/mol. The lowest BCUT2D eigenvalue weighted by atomic mass is 10.1. The van der Waals surface area contributed by atoms with Gasteiger partial charge in [-0.25, -0.2) is 9.97 Å². The van der Waals surface area contributed by atoms with E-state index in [1.165, 1.54) is 0 Å². The molecular formula is C12H18N5O. The average molecular weight is 248 g/mol. The van der Waals surface area contributed by atoms with Crippen LogP contribution in [0.15, 0.2) is 12.3 Å². The van der Waals surface area contributed by atoms with Gasteiger partial charge in [-0.15, -0.1) is 0 Å². The van der Waals surface area contributed by atoms with Crippen molar-refractivity contribution in [3.8, 4) is 0 Å². The number of hydrogen-bond acceptors (Lipinski definition) is 6. The zero-order valence-corrected chi connectivity index (χ0v) is 10.8. The van der Waals surface area contributed by atoms with E-state index in [1.807, 2.05) is 30.0 Å². The Morgan fingerprint density at radius 2 is 2.50 bits per heavy atom. The third kappa shape index (κ3) is 3.02. The van der Waals surface area contributed by atoms with Gasteiger partial charge in [0.05, 0.1) is 6.54 Å². The minimum Gasteiger partial charge on any atom is -0.344 e. The molecule has 1 atom stereocenters. The Balaban J connectivity index is 2.13. The van der Waals surface area contributed by atoms with E-state index in [0.717, 1.165) is 18.9 Å². The van der Waals surface area contributed by atoms with Crippen LogP contribution in [0, 0.1) is 6.33 Å². The van der Waals surface area contributed by atoms with Gasteiger partial charge in [-0.2, -0.15) is 0 Å². The first kappa shape index (κ1) is 12.9. The first-order valence-corrected chi connectivity index (χ1v) is 6.02. The molecule has 1 radical (unpaired) electrons. The second-order valence-corrected chi connectivity index (χ2v) is 4.63. The molecule has 0 aromatic carbocycles. The number of hydrogen-bond donors (Lipinski definition) is 1. The quantitative estimate of drug-likeness (QED) is 0.751. The lowest BCUT2D eigenvalue weighted by molar-refractivity contribution is -0.121. The SMILES string of the molecule is CN(C)CC(=O)C1CNCCN1c1ccn[c]n1. The van der Waals surface area contributed by atoms with Crippen LogP contribution in [0.5, 0.6) is 0 Å². The van der Waals surface area contributed by atoms with E-state index in [4.69, 9.17) is 0 Å². The van der Waals surface area contributed by atoms with Crippen molar-refractivity contribution in [3.63, 3.8) is 0 Å². The van der Waals surface area contributed by atoms with Crippen molar-refractivity contribution in [1.82, 2.24) is 20.2 Å². The van der Waals surface area contributed by atoms with E-state index in [-0.39, 0.29) is 11.8 Å². The molecule has 1 aromatic rings. The van der Waals surface area contributed by atoms with Gasteiger partial charge in [0.15, 0.2) is 12.1 Å². The van der Waals surface area contributed by atoms with Gasteiger partial charge in [-0.1, -0.05) is 0 Å². The summed E-state index contributed by atoms with van der Waals surface area (Å²) in [5.41, 5.74) is 0. The number of carbonyl (C=O) groups is 1. The Hall–Kier alpha value is -1.53. The molecule has 97 valence electrons. The summed E-state index contributed by atoms with van der Waals surface area (Å²) < 4.78 is 0. The number of Topliss-reactive ketones (excluding diaryl/α,β-unsaturated/α-hetero) is 1. The fourth-order valence-electron chi connectivity index (χ4n) is 2.10. The first-order valence-electron chi connectivity index (χ1n) is 6.02. The Labute approximate surface area is 107 Å². The van der Waals surface area contributed by atoms with Gasteiger partial charge in [0, 0.05) is 25.8 Å². The van der Waals surface area contributed by atoms with Crippen molar-refractivity contribution >= 4 is 11.6 Å². The van der Waals surface area contributed by atoms with Crippen LogP contribution in [-0.4, -0.2) is 67.0 Å². The molecule has 2 heterocycles. The number of nitrogens with zero attached hydrogens (tertiary/aromatic N) is 4. The molecule has 1 unspecified atom stereocenters. The highest BCUT2D eigenvalue weighted by molar-refractivity contribution is 5.89. The Morgan fingerprint density at radius 1 is 1.67 bits per heavy atom. The molecule has 1 N–H and O–H groups in total. The minimum absolute atomic E-state index is 0.163. The molecule has 1 aliphatic heterocycles. The molecule has 6 nitrogen and oxygen atoms in total. The van der Waals surface area contributed by atoms with Crippen LogP contribution in [-0.2, 0) is 4.79 Å². The second kappa shape index (κ2) is 5.88. The molecule has 2 rings (SSSR count). The predicted octanol–water partition coefficient (Wildman–Crippen LogP) is -0.814. The number of anilines is 1. The molecule has 1 aliphatic rings. The number of aromatic nitrogens is 2. The Bertz CT molecular complexity index is 395. The smallest absolute Gasteiger partial charge is 0.199 e. The first-order chi connectivity index (χ1) is 8.68. The highest BCUT2D eigenvalue weighted by atomic mass is 16.1. The summed E-state index contributed by atoms with van der Waals surface area (Å²) >= 11 is 0. The molecule has 1 aromatic heterocycles. The highest BCUT2D eigenvalue weighted by Gasteiger charge is 2.29. The van der Waals surface area contributed by atoms with Crippen LogP contribution in [0.2, 0.25) is 0 Å². The van der Waals surface area contributed by atoms with Crippen molar-refractivity contribution in [2.24, 2.45) is 0 Å². The lowest BCUT2D eigenvalue weighted by Crippen LogP contribution is -2.57. The van der Waals surface area contributed by atoms with Gasteiger partial charge in [0.25, 0.3) is 0 Å². The van der Waals surface area contributed by atoms with E-state index in [1.54, 1.807) is 6.20 Å². The van der Waals surface area contributed by atoms with Gasteiger partial charge in [-0.3, -0.25) is 4.79 Å². The second-order valence-electron chi connectivity index (χ2n) is 4.63. The fourth-order valence-corrected chi connectivity index (χ4v) is 2.10. The van der Waals surface area contributed by atoms with E-state index in [9.17, 15) is 4.79 Å². The number of piperazine rings is 1. The summed E-state index contributed by atoms with van der Waals surface area (Å²) in [5, 5.41) is 3.25. The van der Waals surface area contributed by atoms with E-state index < -0.39 is 0 Å². The number of rotatable bonds is 4. The van der Waals surface area contributed by atoms with Crippen molar-refractivity contribution in [2.45, 2.75) is 6.04 Å². The molecule has 0 saturated carbocycles. The van der Waals surface area contributed by atoms with Crippen molar-refractivity contribution in [2.75, 3.05) is 45.2 Å². The summed E-state index contributed by atoms with van der Waals surface area (Å²) in [4.78, 5) is 24.0. The minimum atomic E-state index is -0.163. The number of nitrogens with one attached hydrogen (secondary N) is 1. The molecule has 0 spiro atoms. The van der Waals surface area contributed by atoms with Crippen LogP contribution in [0.3, 0.4) is 0 Å². The monoisotopic (exact) mass is 248 g/mol. The van der Waals surface area contributed by atoms with Gasteiger partial charge in [0.2, 0.25) is 0 Å². The van der Waals surface area contributed by atoms with Crippen molar-refractivity contribution < 1.29 is 4.79 Å². The predicted molar refractivity (Wildman–Crippen MR) is 68.4 cm³/mol. The summed E-state index contributed by atoms with van der Waals surface area (Å²) in [7, 11) is 3.80. The third-order valence-corrected chi connectivity index (χ3v) is 2.90. The summed E-state index contributed by atoms with van der Waals surface area (Å²) in [6.45, 7) is 2.73. The average Bonchev–Trinajstić information content (AvgIpc) is 2.39. The maximum Gasteiger partial charge on any atom is 0.199 e. The highest BCUT2D eigenvalue weighted by Crippen LogP contribution is 2.14. The molecule has 6 heteroatoms. The van der Waals surface area contributed by atoms with Crippen molar-refractivity contribution in [1.29, 1.82) is 0 Å². The van der Waals surface area contributed by atoms with Gasteiger partial charge >= 0.3 is 0 Å². The van der Waals surface area contributed by atoms with Crippen molar-refractivity contribution in [3.05, 3.63) is 18.6 Å². The summed E-state index contributed by atoms with van der Waals surface area (Å²) in [6.07, 6.45) is 4.23. The summed E-state index contributed by atoms with van der Waals surface area (Å²) in [6, 6.07) is 1.65. The van der Waals surface area contributed by atoms with E-state index in [2.05, 4.69) is 21.6 Å². The van der Waals surface area contributed by atoms with Crippen LogP contribution in [0.4, 0.5) is 5.82 Å². The van der Waals surface area contributed by atoms with Gasteiger partial charge in [-0.05, 0) is 20.2 Å². The fraction of sp³-hybridized carbons (Fsp3) is 0.583. The standard InChI is InChI=1S/C12H18N5O/c1-16(2)8-11(18)10-7-13-5-6-17(10)12-3-4-14-9-15-12/h3-4,10,13H,5-8H2,1-2H3. The lowest BCUT2D eigenvalue weighted by Gasteiger charge is -2.36. The Kier molecular flexibility index (Phi) is 4.22. The zero-order chi connectivity index (χ0) is 13.0. The Morgan fingerprint density at radius 3 is 3.17 bits per heavy atom. The number of likely N-dealkylation sites (N-methyl/N-ethyl adjacent to an activating group) is 1. The largest absolute Gasteiger partial charge is 0.344 e. The van der Waals surface area contributed by atoms with Gasteiger partial charge in [0.1, 0.15) is 11.9 Å². The topological polar surface area (TPSA) is 61.4 Å². The van der Waals surface area contributed by atoms with Crippen LogP contribution in [0.1, 0.15) is 0 Å². The van der Waals surface area contributed by atoms with Crippen LogP contribution >= 0.6 is 0 Å². The van der Waals surface area contributed by atoms with Crippen LogP contribution in [0.25, 0.3) is 0 Å². The molecule has 1 fully saturated rings. The number of ketones is 1. The van der Waals surface area contributed by atoms with E-state index in [0.29, 0.717) is 13.1 Å². The normalized spacial score (nSPS) is 20.2. The number of carbonyl (C=O) groups excluding carboxylic acids is 1.